The maximum Gasteiger partial charge on any atom is 0.408 e. The van der Waals surface area contributed by atoms with E-state index in [0.29, 0.717) is 45.9 Å². The molecule has 3 aliphatic rings. The number of amides is 4. The molecule has 3 fully saturated rings. The fourth-order valence-electron chi connectivity index (χ4n) is 7.70. The Labute approximate surface area is 362 Å². The highest BCUT2D eigenvalue weighted by atomic mass is 32.2. The Morgan fingerprint density at radius 2 is 1.74 bits per heavy atom. The van der Waals surface area contributed by atoms with Crippen LogP contribution in [0, 0.1) is 24.2 Å². The number of hydrogen-bond donors (Lipinski definition) is 3. The maximum absolute atomic E-state index is 14.9. The first-order valence-electron chi connectivity index (χ1n) is 20.7. The number of benzene rings is 1. The van der Waals surface area contributed by atoms with E-state index >= 15 is 0 Å². The van der Waals surface area contributed by atoms with Gasteiger partial charge in [-0.25, -0.2) is 23.2 Å². The Morgan fingerprint density at radius 1 is 1.07 bits per heavy atom. The van der Waals surface area contributed by atoms with Crippen molar-refractivity contribution in [2.75, 3.05) is 13.7 Å². The first-order chi connectivity index (χ1) is 28.3. The second-order valence-corrected chi connectivity index (χ2v) is 22.4. The molecule has 0 bridgehead atoms. The van der Waals surface area contributed by atoms with E-state index in [4.69, 9.17) is 24.2 Å². The number of aryl methyl sites for hydroxylation is 1. The molecule has 4 amide bonds. The van der Waals surface area contributed by atoms with Gasteiger partial charge in [-0.1, -0.05) is 47.6 Å². The predicted molar refractivity (Wildman–Crippen MR) is 234 cm³/mol. The Bertz CT molecular complexity index is 2360. The zero-order valence-electron chi connectivity index (χ0n) is 37.2. The van der Waals surface area contributed by atoms with Crippen molar-refractivity contribution in [1.82, 2.24) is 30.2 Å². The number of thiazole rings is 1. The minimum Gasteiger partial charge on any atom is -0.496 e. The Morgan fingerprint density at radius 3 is 2.28 bits per heavy atom. The van der Waals surface area contributed by atoms with Crippen LogP contribution in [-0.2, 0) is 29.1 Å². The number of fused-ring (bicyclic) bond motifs is 1. The Kier molecular flexibility index (Phi) is 12.1. The molecular weight excluding hydrogens is 821 g/mol. The number of aromatic nitrogens is 2. The fourth-order valence-corrected chi connectivity index (χ4v) is 9.95. The van der Waals surface area contributed by atoms with Crippen LogP contribution in [0.5, 0.6) is 11.5 Å². The number of ether oxygens (including phenoxy) is 3. The third kappa shape index (κ3) is 9.09. The van der Waals surface area contributed by atoms with Crippen LogP contribution in [0.15, 0.2) is 36.2 Å². The number of methoxy groups -OCH3 is 1. The molecule has 6 atom stereocenters. The molecule has 2 saturated carbocycles. The number of rotatable bonds is 13. The van der Waals surface area contributed by atoms with Crippen LogP contribution >= 0.6 is 11.3 Å². The van der Waals surface area contributed by atoms with Gasteiger partial charge in [0.2, 0.25) is 21.8 Å². The first kappa shape index (κ1) is 45.7. The van der Waals surface area contributed by atoms with E-state index in [-0.39, 0.29) is 18.9 Å². The molecule has 0 unspecified atom stereocenters. The molecule has 6 rings (SSSR count). The van der Waals surface area contributed by atoms with Crippen molar-refractivity contribution in [3.05, 3.63) is 47.5 Å². The second kappa shape index (κ2) is 16.2. The highest BCUT2D eigenvalue weighted by Crippen LogP contribution is 2.48. The SMILES string of the molecule is C=C[C@@H]1C[C@]1(NC(=O)[C@@H]1[C@H](C)[C@@H](Oc2cc(-c3nc(C(C)C)cs3)nc3c(C)c(OC)ccc23)CN1C(=O)[C@H](NC(=O)OC(C)(C)C)C(C)(C)C)C(=O)NS(=O)(=O)C1(C)CC1. The number of carbonyl (C=O) groups is 4. The number of pyridine rings is 1. The Hall–Kier alpha value is -4.77. The molecule has 0 radical (unpaired) electrons. The summed E-state index contributed by atoms with van der Waals surface area (Å²) in [5.41, 5.74) is -0.415. The molecule has 3 N–H and O–H groups in total. The minimum absolute atomic E-state index is 0.0828. The lowest BCUT2D eigenvalue weighted by atomic mass is 9.85. The summed E-state index contributed by atoms with van der Waals surface area (Å²) in [4.78, 5) is 68.0. The third-order valence-corrected chi connectivity index (χ3v) is 15.0. The summed E-state index contributed by atoms with van der Waals surface area (Å²) >= 11 is 1.46. The lowest BCUT2D eigenvalue weighted by Crippen LogP contribution is -2.61. The van der Waals surface area contributed by atoms with E-state index in [1.165, 1.54) is 22.3 Å². The lowest BCUT2D eigenvalue weighted by molar-refractivity contribution is -0.143. The van der Waals surface area contributed by atoms with Gasteiger partial charge in [-0.2, -0.15) is 0 Å². The van der Waals surface area contributed by atoms with Crippen molar-refractivity contribution in [1.29, 1.82) is 0 Å². The quantitative estimate of drug-likeness (QED) is 0.161. The maximum atomic E-state index is 14.9. The van der Waals surface area contributed by atoms with E-state index in [9.17, 15) is 27.6 Å². The molecule has 332 valence electrons. The highest BCUT2D eigenvalue weighted by Gasteiger charge is 2.63. The summed E-state index contributed by atoms with van der Waals surface area (Å²) in [6.07, 6.45) is 0.847. The largest absolute Gasteiger partial charge is 0.496 e. The van der Waals surface area contributed by atoms with Gasteiger partial charge in [0.15, 0.2) is 0 Å². The van der Waals surface area contributed by atoms with Crippen LogP contribution in [0.4, 0.5) is 4.79 Å². The summed E-state index contributed by atoms with van der Waals surface area (Å²) in [5.74, 6) is -2.10. The number of nitrogens with one attached hydrogen (secondary N) is 3. The van der Waals surface area contributed by atoms with Crippen LogP contribution in [0.1, 0.15) is 106 Å². The van der Waals surface area contributed by atoms with E-state index in [0.717, 1.165) is 11.3 Å². The van der Waals surface area contributed by atoms with Crippen molar-refractivity contribution in [2.45, 2.75) is 135 Å². The normalized spacial score (nSPS) is 23.9. The number of carbonyl (C=O) groups excluding carboxylic acids is 4. The molecule has 0 spiro atoms. The van der Waals surface area contributed by atoms with Gasteiger partial charge in [0.05, 0.1) is 29.6 Å². The molecule has 15 nitrogen and oxygen atoms in total. The predicted octanol–water partition coefficient (Wildman–Crippen LogP) is 6.39. The molecule has 61 heavy (non-hydrogen) atoms. The zero-order valence-corrected chi connectivity index (χ0v) is 38.9. The first-order valence-corrected chi connectivity index (χ1v) is 23.0. The minimum atomic E-state index is -4.04. The summed E-state index contributed by atoms with van der Waals surface area (Å²) in [6.45, 7) is 23.6. The molecule has 3 aromatic rings. The van der Waals surface area contributed by atoms with Crippen LogP contribution in [0.2, 0.25) is 0 Å². The van der Waals surface area contributed by atoms with Crippen molar-refractivity contribution in [3.63, 3.8) is 0 Å². The highest BCUT2D eigenvalue weighted by molar-refractivity contribution is 7.91. The second-order valence-electron chi connectivity index (χ2n) is 19.3. The molecule has 17 heteroatoms. The summed E-state index contributed by atoms with van der Waals surface area (Å²) in [7, 11) is -2.45. The third-order valence-electron chi connectivity index (χ3n) is 12.0. The van der Waals surface area contributed by atoms with Gasteiger partial charge < -0.3 is 29.7 Å². The van der Waals surface area contributed by atoms with E-state index in [1.54, 1.807) is 62.5 Å². The molecule has 1 aromatic carbocycles. The van der Waals surface area contributed by atoms with Gasteiger partial charge in [-0.05, 0) is 77.3 Å². The Balaban J connectivity index is 1.40. The molecule has 3 heterocycles. The van der Waals surface area contributed by atoms with Gasteiger partial charge in [-0.15, -0.1) is 17.9 Å². The van der Waals surface area contributed by atoms with Crippen molar-refractivity contribution in [2.24, 2.45) is 17.3 Å². The van der Waals surface area contributed by atoms with Crippen molar-refractivity contribution >= 4 is 56.1 Å². The summed E-state index contributed by atoms with van der Waals surface area (Å²) in [5, 5.41) is 8.98. The summed E-state index contributed by atoms with van der Waals surface area (Å²) in [6, 6.07) is 3.11. The van der Waals surface area contributed by atoms with Crippen LogP contribution in [0.3, 0.4) is 0 Å². The zero-order chi connectivity index (χ0) is 45.2. The molecule has 2 aromatic heterocycles. The van der Waals surface area contributed by atoms with Crippen LogP contribution < -0.4 is 24.8 Å². The summed E-state index contributed by atoms with van der Waals surface area (Å²) < 4.78 is 45.6. The van der Waals surface area contributed by atoms with Crippen molar-refractivity contribution < 1.29 is 41.8 Å². The molecule has 2 aliphatic carbocycles. The van der Waals surface area contributed by atoms with Gasteiger partial charge in [-0.3, -0.25) is 19.1 Å². The average Bonchev–Trinajstić information content (AvgIpc) is 3.98. The standard InChI is InChI=1S/C44H60N6O9S2/c1-14-26-20-44(26,39(53)49-61(55,56)43(12)17-18-43)48-36(51)34-25(5)32(21-50(34)38(52)35(41(6,7)8)47-40(54)59-42(9,10)11)58-31-19-28(37-46-29(22-60-37)23(2)3)45-33-24(4)30(57-13)16-15-27(31)33/h14-16,19,22-23,25-26,32,34-35H,1,17-18,20-21H2,2-13H3,(H,47,54)(H,48,51)(H,49,53)/t25-,26-,32+,34+,35+,44-/m1/s1. The van der Waals surface area contributed by atoms with Gasteiger partial charge in [0, 0.05) is 34.2 Å². The van der Waals surface area contributed by atoms with Gasteiger partial charge in [0.25, 0.3) is 5.91 Å². The van der Waals surface area contributed by atoms with E-state index in [1.807, 2.05) is 30.5 Å². The molecule has 1 aliphatic heterocycles. The molecule has 1 saturated heterocycles. The van der Waals surface area contributed by atoms with Gasteiger partial charge in [0.1, 0.15) is 51.5 Å². The fraction of sp³-hybridized carbons (Fsp3) is 0.591. The van der Waals surface area contributed by atoms with Crippen molar-refractivity contribution in [3.8, 4) is 22.2 Å². The van der Waals surface area contributed by atoms with Crippen LogP contribution in [0.25, 0.3) is 21.6 Å². The number of alkyl carbamates (subject to hydrolysis) is 1. The lowest BCUT2D eigenvalue weighted by Gasteiger charge is -2.36. The smallest absolute Gasteiger partial charge is 0.408 e. The number of nitrogens with zero attached hydrogens (tertiary/aromatic N) is 3. The van der Waals surface area contributed by atoms with Gasteiger partial charge >= 0.3 is 6.09 Å². The monoisotopic (exact) mass is 880 g/mol. The van der Waals surface area contributed by atoms with Crippen LogP contribution in [-0.4, -0.2) is 94.8 Å². The molecular formula is C44H60N6O9S2. The number of hydrogen-bond acceptors (Lipinski definition) is 12. The average molecular weight is 881 g/mol. The van der Waals surface area contributed by atoms with E-state index in [2.05, 4.69) is 35.8 Å². The topological polar surface area (TPSA) is 195 Å². The number of sulfonamides is 1. The number of likely N-dealkylation sites (tertiary alicyclic amines) is 1. The van der Waals surface area contributed by atoms with E-state index < -0.39 is 85.2 Å².